The highest BCUT2D eigenvalue weighted by atomic mass is 32.2. The molecule has 2 aliphatic heterocycles. The minimum absolute atomic E-state index is 0.0854. The summed E-state index contributed by atoms with van der Waals surface area (Å²) < 4.78 is 32.8. The zero-order chi connectivity index (χ0) is 23.2. The highest BCUT2D eigenvalue weighted by Gasteiger charge is 2.39. The molecule has 1 unspecified atom stereocenters. The zero-order valence-corrected chi connectivity index (χ0v) is 20.4. The first-order valence-corrected chi connectivity index (χ1v) is 13.5. The van der Waals surface area contributed by atoms with E-state index in [0.29, 0.717) is 43.9 Å². The quantitative estimate of drug-likeness (QED) is 0.559. The summed E-state index contributed by atoms with van der Waals surface area (Å²) in [6.07, 6.45) is 1.88. The first kappa shape index (κ1) is 22.3. The Morgan fingerprint density at radius 1 is 1.09 bits per heavy atom. The fourth-order valence-electron chi connectivity index (χ4n) is 5.10. The second kappa shape index (κ2) is 8.70. The summed E-state index contributed by atoms with van der Waals surface area (Å²) in [7, 11) is -3.69. The maximum absolute atomic E-state index is 13.7. The van der Waals surface area contributed by atoms with Crippen molar-refractivity contribution in [2.75, 3.05) is 19.6 Å². The van der Waals surface area contributed by atoms with Crippen LogP contribution in [0.5, 0.6) is 0 Å². The molecule has 2 aromatic heterocycles. The van der Waals surface area contributed by atoms with E-state index in [1.807, 2.05) is 23.1 Å². The fraction of sp³-hybridized carbons (Fsp3) is 0.417. The van der Waals surface area contributed by atoms with Gasteiger partial charge in [0.2, 0.25) is 15.9 Å². The maximum Gasteiger partial charge on any atom is 0.248 e. The van der Waals surface area contributed by atoms with Crippen molar-refractivity contribution in [3.05, 3.63) is 69.2 Å². The van der Waals surface area contributed by atoms with Crippen molar-refractivity contribution in [2.24, 2.45) is 5.92 Å². The monoisotopic (exact) mass is 485 g/mol. The molecule has 0 bridgehead atoms. The third-order valence-electron chi connectivity index (χ3n) is 6.73. The number of carbonyl (C=O) groups is 1. The molecule has 5 rings (SSSR count). The topological polar surface area (TPSA) is 83.7 Å². The van der Waals surface area contributed by atoms with Crippen molar-refractivity contribution < 1.29 is 17.7 Å². The molecule has 0 spiro atoms. The van der Waals surface area contributed by atoms with Crippen LogP contribution in [0.2, 0.25) is 0 Å². The molecule has 0 aliphatic carbocycles. The van der Waals surface area contributed by atoms with E-state index in [-0.39, 0.29) is 22.8 Å². The van der Waals surface area contributed by atoms with E-state index >= 15 is 0 Å². The number of hydrogen-bond donors (Lipinski definition) is 0. The zero-order valence-electron chi connectivity index (χ0n) is 18.7. The molecule has 1 atom stereocenters. The Bertz CT molecular complexity index is 1240. The second-order valence-corrected chi connectivity index (χ2v) is 11.6. The Morgan fingerprint density at radius 2 is 1.82 bits per heavy atom. The number of thiophene rings is 1. The van der Waals surface area contributed by atoms with Crippen LogP contribution in [0.1, 0.15) is 46.3 Å². The second-order valence-electron chi connectivity index (χ2n) is 8.73. The van der Waals surface area contributed by atoms with Gasteiger partial charge in [-0.3, -0.25) is 4.79 Å². The van der Waals surface area contributed by atoms with Gasteiger partial charge in [0, 0.05) is 30.4 Å². The molecule has 2 aliphatic rings. The van der Waals surface area contributed by atoms with E-state index in [4.69, 9.17) is 4.52 Å². The number of sulfonamides is 1. The standard InChI is InChI=1S/C24H27N3O4S2/c1-16-23(17(2)31-25-16)33(29,30)26-12-8-19(9-13-26)24(28)27-14-10-21-20(11-15-32-21)22(27)18-6-4-3-5-7-18/h3-7,11,15,19,22H,8-10,12-14H2,1-2H3. The molecule has 33 heavy (non-hydrogen) atoms. The summed E-state index contributed by atoms with van der Waals surface area (Å²) in [4.78, 5) is 17.2. The van der Waals surface area contributed by atoms with Crippen LogP contribution in [0.4, 0.5) is 0 Å². The summed E-state index contributed by atoms with van der Waals surface area (Å²) in [5.41, 5.74) is 2.70. The van der Waals surface area contributed by atoms with Crippen LogP contribution in [-0.4, -0.2) is 48.3 Å². The molecule has 9 heteroatoms. The Kier molecular flexibility index (Phi) is 5.88. The molecule has 1 amide bonds. The lowest BCUT2D eigenvalue weighted by atomic mass is 9.89. The summed E-state index contributed by atoms with van der Waals surface area (Å²) in [5, 5.41) is 5.90. The van der Waals surface area contributed by atoms with E-state index < -0.39 is 10.0 Å². The minimum Gasteiger partial charge on any atom is -0.360 e. The van der Waals surface area contributed by atoms with Gasteiger partial charge in [0.25, 0.3) is 0 Å². The average Bonchev–Trinajstić information content (AvgIpc) is 3.44. The van der Waals surface area contributed by atoms with E-state index in [1.165, 1.54) is 14.7 Å². The molecular formula is C24H27N3O4S2. The summed E-state index contributed by atoms with van der Waals surface area (Å²) >= 11 is 1.75. The smallest absolute Gasteiger partial charge is 0.248 e. The van der Waals surface area contributed by atoms with Crippen molar-refractivity contribution in [1.82, 2.24) is 14.4 Å². The van der Waals surface area contributed by atoms with Crippen LogP contribution in [0.15, 0.2) is 51.2 Å². The van der Waals surface area contributed by atoms with Crippen LogP contribution in [0.3, 0.4) is 0 Å². The number of aryl methyl sites for hydroxylation is 2. The number of hydrogen-bond acceptors (Lipinski definition) is 6. The van der Waals surface area contributed by atoms with Gasteiger partial charge in [-0.2, -0.15) is 4.31 Å². The van der Waals surface area contributed by atoms with Crippen LogP contribution < -0.4 is 0 Å². The van der Waals surface area contributed by atoms with Gasteiger partial charge in [0.15, 0.2) is 5.76 Å². The van der Waals surface area contributed by atoms with Crippen molar-refractivity contribution >= 4 is 27.3 Å². The summed E-state index contributed by atoms with van der Waals surface area (Å²) in [6, 6.07) is 12.2. The molecule has 0 N–H and O–H groups in total. The lowest BCUT2D eigenvalue weighted by molar-refractivity contribution is -0.138. The summed E-state index contributed by atoms with van der Waals surface area (Å²) in [5.74, 6) is 0.235. The van der Waals surface area contributed by atoms with Gasteiger partial charge in [-0.1, -0.05) is 35.5 Å². The molecule has 3 aromatic rings. The highest BCUT2D eigenvalue weighted by Crippen LogP contribution is 2.39. The number of carbonyl (C=O) groups excluding carboxylic acids is 1. The van der Waals surface area contributed by atoms with E-state index in [2.05, 4.69) is 28.7 Å². The predicted molar refractivity (Wildman–Crippen MR) is 125 cm³/mol. The molecule has 1 fully saturated rings. The molecule has 4 heterocycles. The first-order valence-electron chi connectivity index (χ1n) is 11.2. The molecule has 1 saturated heterocycles. The molecule has 1 aromatic carbocycles. The van der Waals surface area contributed by atoms with Gasteiger partial charge >= 0.3 is 0 Å². The van der Waals surface area contributed by atoms with Gasteiger partial charge in [-0.25, -0.2) is 8.42 Å². The van der Waals surface area contributed by atoms with Crippen LogP contribution in [-0.2, 0) is 21.2 Å². The van der Waals surface area contributed by atoms with E-state index in [1.54, 1.807) is 25.2 Å². The van der Waals surface area contributed by atoms with Crippen molar-refractivity contribution in [3.8, 4) is 0 Å². The van der Waals surface area contributed by atoms with E-state index in [0.717, 1.165) is 12.0 Å². The third kappa shape index (κ3) is 3.92. The first-order chi connectivity index (χ1) is 15.9. The number of nitrogens with zero attached hydrogens (tertiary/aromatic N) is 3. The Morgan fingerprint density at radius 3 is 2.48 bits per heavy atom. The number of aromatic nitrogens is 1. The fourth-order valence-corrected chi connectivity index (χ4v) is 7.76. The Balaban J connectivity index is 1.35. The Labute approximate surface area is 198 Å². The number of fused-ring (bicyclic) bond motifs is 1. The lowest BCUT2D eigenvalue weighted by Gasteiger charge is -2.40. The summed E-state index contributed by atoms with van der Waals surface area (Å²) in [6.45, 7) is 4.57. The molecule has 7 nitrogen and oxygen atoms in total. The van der Waals surface area contributed by atoms with Gasteiger partial charge in [-0.05, 0) is 55.7 Å². The highest BCUT2D eigenvalue weighted by molar-refractivity contribution is 7.89. The van der Waals surface area contributed by atoms with Crippen molar-refractivity contribution in [3.63, 3.8) is 0 Å². The number of amides is 1. The van der Waals surface area contributed by atoms with Crippen LogP contribution >= 0.6 is 11.3 Å². The SMILES string of the molecule is Cc1noc(C)c1S(=O)(=O)N1CCC(C(=O)N2CCc3sccc3C2c2ccccc2)CC1. The molecule has 174 valence electrons. The lowest BCUT2D eigenvalue weighted by Crippen LogP contribution is -2.47. The number of benzene rings is 1. The van der Waals surface area contributed by atoms with Crippen LogP contribution in [0.25, 0.3) is 0 Å². The Hall–Kier alpha value is -2.49. The largest absolute Gasteiger partial charge is 0.360 e. The third-order valence-corrected chi connectivity index (χ3v) is 9.87. The molecule has 0 saturated carbocycles. The van der Waals surface area contributed by atoms with Gasteiger partial charge in [-0.15, -0.1) is 11.3 Å². The van der Waals surface area contributed by atoms with Crippen molar-refractivity contribution in [2.45, 2.75) is 44.0 Å². The molecular weight excluding hydrogens is 458 g/mol. The normalized spacial score (nSPS) is 20.1. The minimum atomic E-state index is -3.69. The van der Waals surface area contributed by atoms with Gasteiger partial charge < -0.3 is 9.42 Å². The van der Waals surface area contributed by atoms with Crippen LogP contribution in [0, 0.1) is 19.8 Å². The van der Waals surface area contributed by atoms with Crippen molar-refractivity contribution in [1.29, 1.82) is 0 Å². The van der Waals surface area contributed by atoms with E-state index in [9.17, 15) is 13.2 Å². The number of rotatable bonds is 4. The predicted octanol–water partition coefficient (Wildman–Crippen LogP) is 3.93. The van der Waals surface area contributed by atoms with Gasteiger partial charge in [0.1, 0.15) is 10.6 Å². The maximum atomic E-state index is 13.7. The number of piperidine rings is 1. The molecule has 0 radical (unpaired) electrons. The average molecular weight is 486 g/mol. The van der Waals surface area contributed by atoms with Gasteiger partial charge in [0.05, 0.1) is 6.04 Å².